The third kappa shape index (κ3) is 1.67. The van der Waals surface area contributed by atoms with Crippen molar-refractivity contribution in [2.45, 2.75) is 32.1 Å². The lowest BCUT2D eigenvalue weighted by Gasteiger charge is -2.30. The van der Waals surface area contributed by atoms with Crippen molar-refractivity contribution < 1.29 is 4.79 Å². The van der Waals surface area contributed by atoms with E-state index in [-0.39, 0.29) is 5.41 Å². The van der Waals surface area contributed by atoms with E-state index in [2.05, 4.69) is 18.7 Å². The minimum atomic E-state index is -0.0874. The highest BCUT2D eigenvalue weighted by atomic mass is 35.5. The van der Waals surface area contributed by atoms with Crippen molar-refractivity contribution in [2.24, 2.45) is 0 Å². The van der Waals surface area contributed by atoms with Crippen molar-refractivity contribution in [2.75, 3.05) is 11.9 Å². The van der Waals surface area contributed by atoms with E-state index < -0.39 is 0 Å². The van der Waals surface area contributed by atoms with Crippen molar-refractivity contribution in [1.29, 1.82) is 0 Å². The molecule has 2 nitrogen and oxygen atoms in total. The van der Waals surface area contributed by atoms with Crippen LogP contribution in [0, 0.1) is 0 Å². The first kappa shape index (κ1) is 13.2. The summed E-state index contributed by atoms with van der Waals surface area (Å²) in [5.41, 5.74) is 3.36. The Morgan fingerprint density at radius 1 is 1.33 bits per heavy atom. The predicted octanol–water partition coefficient (Wildman–Crippen LogP) is 3.93. The Hall–Kier alpha value is -1.28. The second-order valence-electron chi connectivity index (χ2n) is 4.70. The number of hydrogen-bond acceptors (Lipinski definition) is 2. The number of anilines is 1. The predicted molar refractivity (Wildman–Crippen MR) is 76.3 cm³/mol. The molecule has 0 fully saturated rings. The van der Waals surface area contributed by atoms with Gasteiger partial charge in [0.05, 0.1) is 0 Å². The van der Waals surface area contributed by atoms with Crippen LogP contribution < -0.4 is 4.90 Å². The Kier molecular flexibility index (Phi) is 3.49. The molecule has 18 heavy (non-hydrogen) atoms. The van der Waals surface area contributed by atoms with E-state index in [1.165, 1.54) is 5.56 Å². The summed E-state index contributed by atoms with van der Waals surface area (Å²) in [7, 11) is 2.01. The van der Waals surface area contributed by atoms with E-state index in [4.69, 9.17) is 11.6 Å². The molecule has 1 aliphatic heterocycles. The molecule has 0 bridgehead atoms. The molecule has 0 saturated heterocycles. The van der Waals surface area contributed by atoms with Gasteiger partial charge in [0.2, 0.25) is 0 Å². The van der Waals surface area contributed by atoms with E-state index in [9.17, 15) is 4.79 Å². The molecular weight excluding hydrogens is 246 g/mol. The third-order valence-electron chi connectivity index (χ3n) is 4.12. The summed E-state index contributed by atoms with van der Waals surface area (Å²) in [6.45, 7) is 4.32. The van der Waals surface area contributed by atoms with E-state index in [0.717, 1.165) is 35.5 Å². The van der Waals surface area contributed by atoms with Crippen LogP contribution in [0.4, 0.5) is 5.69 Å². The minimum absolute atomic E-state index is 0.0874. The Labute approximate surface area is 113 Å². The zero-order valence-corrected chi connectivity index (χ0v) is 11.8. The lowest BCUT2D eigenvalue weighted by molar-refractivity contribution is -0.104. The summed E-state index contributed by atoms with van der Waals surface area (Å²) in [6.07, 6.45) is 4.47. The Morgan fingerprint density at radius 2 is 2.00 bits per heavy atom. The molecule has 1 aliphatic rings. The van der Waals surface area contributed by atoms with Crippen LogP contribution in [0.5, 0.6) is 0 Å². The molecule has 0 amide bonds. The van der Waals surface area contributed by atoms with E-state index in [1.54, 1.807) is 6.08 Å². The largest absolute Gasteiger partial charge is 0.347 e. The number of carbonyl (C=O) groups is 1. The molecule has 0 aromatic heterocycles. The van der Waals surface area contributed by atoms with Gasteiger partial charge in [-0.05, 0) is 42.7 Å². The molecule has 1 aromatic carbocycles. The standard InChI is InChI=1S/C15H18ClNO/c1-4-15(5-2)12-10-11(16)6-7-13(12)17(3)14(15)8-9-18/h6-10H,4-5H2,1-3H3/b14-8-. The average molecular weight is 264 g/mol. The van der Waals surface area contributed by atoms with Gasteiger partial charge in [0.25, 0.3) is 0 Å². The fraction of sp³-hybridized carbons (Fsp3) is 0.400. The van der Waals surface area contributed by atoms with Crippen LogP contribution in [0.25, 0.3) is 0 Å². The number of halogens is 1. The summed E-state index contributed by atoms with van der Waals surface area (Å²) >= 11 is 6.13. The molecule has 0 saturated carbocycles. The molecule has 0 atom stereocenters. The number of hydrogen-bond donors (Lipinski definition) is 0. The quantitative estimate of drug-likeness (QED) is 0.608. The van der Waals surface area contributed by atoms with Gasteiger partial charge < -0.3 is 4.90 Å². The highest BCUT2D eigenvalue weighted by Crippen LogP contribution is 2.51. The lowest BCUT2D eigenvalue weighted by Crippen LogP contribution is -2.28. The first-order valence-electron chi connectivity index (χ1n) is 6.30. The van der Waals surface area contributed by atoms with Gasteiger partial charge in [-0.1, -0.05) is 25.4 Å². The van der Waals surface area contributed by atoms with Crippen LogP contribution in [0.3, 0.4) is 0 Å². The van der Waals surface area contributed by atoms with Gasteiger partial charge in [-0.25, -0.2) is 0 Å². The van der Waals surface area contributed by atoms with Gasteiger partial charge in [-0.2, -0.15) is 0 Å². The number of benzene rings is 1. The normalized spacial score (nSPS) is 19.1. The second-order valence-corrected chi connectivity index (χ2v) is 5.13. The lowest BCUT2D eigenvalue weighted by atomic mass is 9.75. The minimum Gasteiger partial charge on any atom is -0.347 e. The molecule has 0 aliphatic carbocycles. The Bertz CT molecular complexity index is 503. The van der Waals surface area contributed by atoms with Crippen LogP contribution >= 0.6 is 11.6 Å². The molecular formula is C15H18ClNO. The Morgan fingerprint density at radius 3 is 2.56 bits per heavy atom. The van der Waals surface area contributed by atoms with Crippen molar-refractivity contribution in [1.82, 2.24) is 0 Å². The monoisotopic (exact) mass is 263 g/mol. The van der Waals surface area contributed by atoms with E-state index in [0.29, 0.717) is 0 Å². The average Bonchev–Trinajstić information content (AvgIpc) is 2.60. The van der Waals surface area contributed by atoms with Crippen LogP contribution in [-0.2, 0) is 10.2 Å². The van der Waals surface area contributed by atoms with Gasteiger partial charge in [-0.3, -0.25) is 4.79 Å². The van der Waals surface area contributed by atoms with Crippen molar-refractivity contribution in [3.8, 4) is 0 Å². The summed E-state index contributed by atoms with van der Waals surface area (Å²) in [6, 6.07) is 5.96. The van der Waals surface area contributed by atoms with Gasteiger partial charge in [0, 0.05) is 28.9 Å². The van der Waals surface area contributed by atoms with Crippen molar-refractivity contribution >= 4 is 23.6 Å². The first-order valence-corrected chi connectivity index (χ1v) is 6.68. The van der Waals surface area contributed by atoms with Gasteiger partial charge >= 0.3 is 0 Å². The maximum absolute atomic E-state index is 10.9. The molecule has 3 heteroatoms. The fourth-order valence-electron chi connectivity index (χ4n) is 3.10. The molecule has 2 rings (SSSR count). The molecule has 0 spiro atoms. The summed E-state index contributed by atoms with van der Waals surface area (Å²) < 4.78 is 0. The summed E-state index contributed by atoms with van der Waals surface area (Å²) in [5.74, 6) is 0. The molecule has 0 radical (unpaired) electrons. The topological polar surface area (TPSA) is 20.3 Å². The highest BCUT2D eigenvalue weighted by Gasteiger charge is 2.43. The van der Waals surface area contributed by atoms with Crippen LogP contribution in [0.1, 0.15) is 32.3 Å². The zero-order chi connectivity index (χ0) is 13.3. The zero-order valence-electron chi connectivity index (χ0n) is 11.0. The van der Waals surface area contributed by atoms with Crippen LogP contribution in [0.2, 0.25) is 5.02 Å². The van der Waals surface area contributed by atoms with E-state index >= 15 is 0 Å². The number of nitrogens with zero attached hydrogens (tertiary/aromatic N) is 1. The molecule has 1 aromatic rings. The molecule has 0 N–H and O–H groups in total. The maximum atomic E-state index is 10.9. The number of likely N-dealkylation sites (N-methyl/N-ethyl adjacent to an activating group) is 1. The first-order chi connectivity index (χ1) is 8.60. The summed E-state index contributed by atoms with van der Waals surface area (Å²) in [4.78, 5) is 13.0. The van der Waals surface area contributed by atoms with Gasteiger partial charge in [-0.15, -0.1) is 0 Å². The van der Waals surface area contributed by atoms with Crippen LogP contribution in [0.15, 0.2) is 30.0 Å². The van der Waals surface area contributed by atoms with Crippen molar-refractivity contribution in [3.63, 3.8) is 0 Å². The SMILES string of the molecule is CCC1(CC)/C(=C/C=O)N(C)c2ccc(Cl)cc21. The number of allylic oxidation sites excluding steroid dienone is 2. The number of aldehydes is 1. The van der Waals surface area contributed by atoms with Gasteiger partial charge in [0.1, 0.15) is 6.29 Å². The summed E-state index contributed by atoms with van der Waals surface area (Å²) in [5, 5.41) is 0.751. The molecule has 1 heterocycles. The number of fused-ring (bicyclic) bond motifs is 1. The molecule has 96 valence electrons. The van der Waals surface area contributed by atoms with Gasteiger partial charge in [0.15, 0.2) is 0 Å². The Balaban J connectivity index is 2.72. The van der Waals surface area contributed by atoms with Crippen molar-refractivity contribution in [3.05, 3.63) is 40.6 Å². The van der Waals surface area contributed by atoms with E-state index in [1.807, 2.05) is 25.2 Å². The number of carbonyl (C=O) groups excluding carboxylic acids is 1. The fourth-order valence-corrected chi connectivity index (χ4v) is 3.27. The molecule has 0 unspecified atom stereocenters. The third-order valence-corrected chi connectivity index (χ3v) is 4.36. The smallest absolute Gasteiger partial charge is 0.144 e. The van der Waals surface area contributed by atoms with Crippen LogP contribution in [-0.4, -0.2) is 13.3 Å². The second kappa shape index (κ2) is 4.77. The maximum Gasteiger partial charge on any atom is 0.144 e. The highest BCUT2D eigenvalue weighted by molar-refractivity contribution is 6.30. The number of rotatable bonds is 3.